The van der Waals surface area contributed by atoms with E-state index >= 15 is 0 Å². The van der Waals surface area contributed by atoms with E-state index in [1.54, 1.807) is 9.80 Å². The molecule has 0 aliphatic carbocycles. The van der Waals surface area contributed by atoms with Gasteiger partial charge in [-0.3, -0.25) is 4.79 Å². The molecule has 1 heterocycles. The van der Waals surface area contributed by atoms with Crippen molar-refractivity contribution in [2.45, 2.75) is 58.9 Å². The first-order chi connectivity index (χ1) is 9.38. The number of amides is 2. The molecule has 0 radical (unpaired) electrons. The molecule has 0 aromatic rings. The zero-order chi connectivity index (χ0) is 15.3. The maximum atomic E-state index is 12.3. The Bertz CT molecular complexity index is 349. The molecule has 1 saturated heterocycles. The van der Waals surface area contributed by atoms with E-state index in [1.165, 1.54) is 0 Å². The maximum absolute atomic E-state index is 12.3. The molecular weight excluding hydrogens is 256 g/mol. The van der Waals surface area contributed by atoms with Gasteiger partial charge in [0.15, 0.2) is 0 Å². The Labute approximate surface area is 121 Å². The topological polar surface area (TPSA) is 60.9 Å². The number of piperidine rings is 1. The summed E-state index contributed by atoms with van der Waals surface area (Å²) < 4.78 is 0. The van der Waals surface area contributed by atoms with E-state index in [0.29, 0.717) is 32.4 Å². The van der Waals surface area contributed by atoms with E-state index in [0.717, 1.165) is 12.8 Å². The molecule has 1 unspecified atom stereocenters. The summed E-state index contributed by atoms with van der Waals surface area (Å²) in [4.78, 5) is 27.4. The SMILES string of the molecule is CCCC1(C(=O)O)CCN(C(=O)N(C)C(C)CC)CC1. The molecule has 5 nitrogen and oxygen atoms in total. The van der Waals surface area contributed by atoms with E-state index in [4.69, 9.17) is 0 Å². The number of nitrogens with zero attached hydrogens (tertiary/aromatic N) is 2. The van der Waals surface area contributed by atoms with Crippen LogP contribution in [-0.4, -0.2) is 53.1 Å². The number of carboxylic acid groups (broad SMARTS) is 1. The fraction of sp³-hybridized carbons (Fsp3) is 0.867. The van der Waals surface area contributed by atoms with Crippen LogP contribution in [0.2, 0.25) is 0 Å². The third kappa shape index (κ3) is 3.44. The van der Waals surface area contributed by atoms with Crippen molar-refractivity contribution >= 4 is 12.0 Å². The highest BCUT2D eigenvalue weighted by Crippen LogP contribution is 2.36. The van der Waals surface area contributed by atoms with E-state index < -0.39 is 11.4 Å². The van der Waals surface area contributed by atoms with Crippen LogP contribution in [0.4, 0.5) is 4.79 Å². The maximum Gasteiger partial charge on any atom is 0.319 e. The molecule has 5 heteroatoms. The van der Waals surface area contributed by atoms with E-state index in [9.17, 15) is 14.7 Å². The van der Waals surface area contributed by atoms with Crippen molar-refractivity contribution in [3.8, 4) is 0 Å². The monoisotopic (exact) mass is 284 g/mol. The van der Waals surface area contributed by atoms with Gasteiger partial charge in [0.2, 0.25) is 0 Å². The number of carboxylic acids is 1. The Morgan fingerprint density at radius 2 is 1.85 bits per heavy atom. The van der Waals surface area contributed by atoms with Crippen LogP contribution in [0.15, 0.2) is 0 Å². The molecule has 1 rings (SSSR count). The normalized spacial score (nSPS) is 19.5. The third-order valence-corrected chi connectivity index (χ3v) is 4.73. The van der Waals surface area contributed by atoms with Gasteiger partial charge in [-0.2, -0.15) is 0 Å². The first kappa shape index (κ1) is 16.8. The number of carbonyl (C=O) groups is 2. The first-order valence-electron chi connectivity index (χ1n) is 7.63. The minimum absolute atomic E-state index is 0.0230. The molecule has 1 aliphatic heterocycles. The fourth-order valence-electron chi connectivity index (χ4n) is 2.86. The molecule has 20 heavy (non-hydrogen) atoms. The van der Waals surface area contributed by atoms with Gasteiger partial charge < -0.3 is 14.9 Å². The van der Waals surface area contributed by atoms with Crippen LogP contribution < -0.4 is 0 Å². The van der Waals surface area contributed by atoms with Gasteiger partial charge in [0.1, 0.15) is 0 Å². The van der Waals surface area contributed by atoms with Gasteiger partial charge in [-0.1, -0.05) is 20.3 Å². The van der Waals surface area contributed by atoms with Crippen molar-refractivity contribution in [1.29, 1.82) is 0 Å². The summed E-state index contributed by atoms with van der Waals surface area (Å²) in [7, 11) is 1.82. The van der Waals surface area contributed by atoms with Crippen LogP contribution >= 0.6 is 0 Å². The molecule has 1 aliphatic rings. The summed E-state index contributed by atoms with van der Waals surface area (Å²) in [5.74, 6) is -0.707. The molecule has 0 saturated carbocycles. The van der Waals surface area contributed by atoms with Gasteiger partial charge in [-0.25, -0.2) is 4.79 Å². The fourth-order valence-corrected chi connectivity index (χ4v) is 2.86. The standard InChI is InChI=1S/C15H28N2O3/c1-5-7-15(13(18)19)8-10-17(11-9-15)14(20)16(4)12(3)6-2/h12H,5-11H2,1-4H3,(H,18,19). The van der Waals surface area contributed by atoms with E-state index in [2.05, 4.69) is 6.92 Å². The van der Waals surface area contributed by atoms with Gasteiger partial charge in [0.05, 0.1) is 5.41 Å². The lowest BCUT2D eigenvalue weighted by Gasteiger charge is -2.40. The van der Waals surface area contributed by atoms with Crippen molar-refractivity contribution in [1.82, 2.24) is 9.80 Å². The van der Waals surface area contributed by atoms with Crippen LogP contribution in [0.25, 0.3) is 0 Å². The number of likely N-dealkylation sites (tertiary alicyclic amines) is 1. The van der Waals surface area contributed by atoms with Gasteiger partial charge in [0, 0.05) is 26.2 Å². The summed E-state index contributed by atoms with van der Waals surface area (Å²) >= 11 is 0. The van der Waals surface area contributed by atoms with E-state index in [1.807, 2.05) is 20.9 Å². The van der Waals surface area contributed by atoms with Gasteiger partial charge in [-0.05, 0) is 32.6 Å². The number of rotatable bonds is 5. The van der Waals surface area contributed by atoms with Crippen molar-refractivity contribution in [2.75, 3.05) is 20.1 Å². The molecular formula is C15H28N2O3. The molecule has 1 fully saturated rings. The zero-order valence-electron chi connectivity index (χ0n) is 13.2. The Morgan fingerprint density at radius 3 is 2.25 bits per heavy atom. The summed E-state index contributed by atoms with van der Waals surface area (Å²) in [5, 5.41) is 9.47. The zero-order valence-corrected chi connectivity index (χ0v) is 13.2. The van der Waals surface area contributed by atoms with Crippen LogP contribution in [0.5, 0.6) is 0 Å². The Hall–Kier alpha value is -1.26. The van der Waals surface area contributed by atoms with Gasteiger partial charge in [0.25, 0.3) is 0 Å². The average Bonchev–Trinajstić information content (AvgIpc) is 2.45. The van der Waals surface area contributed by atoms with Crippen LogP contribution in [0.3, 0.4) is 0 Å². The number of hydrogen-bond acceptors (Lipinski definition) is 2. The number of aliphatic carboxylic acids is 1. The molecule has 116 valence electrons. The lowest BCUT2D eigenvalue weighted by molar-refractivity contribution is -0.152. The first-order valence-corrected chi connectivity index (χ1v) is 7.63. The lowest BCUT2D eigenvalue weighted by atomic mass is 9.75. The molecule has 0 aromatic carbocycles. The summed E-state index contributed by atoms with van der Waals surface area (Å²) in [6.07, 6.45) is 3.62. The van der Waals surface area contributed by atoms with Crippen LogP contribution in [0, 0.1) is 5.41 Å². The second kappa shape index (κ2) is 6.95. The van der Waals surface area contributed by atoms with E-state index in [-0.39, 0.29) is 12.1 Å². The van der Waals surface area contributed by atoms with Crippen molar-refractivity contribution in [3.05, 3.63) is 0 Å². The second-order valence-electron chi connectivity index (χ2n) is 5.97. The minimum Gasteiger partial charge on any atom is -0.481 e. The van der Waals surface area contributed by atoms with Crippen LogP contribution in [0.1, 0.15) is 52.9 Å². The van der Waals surface area contributed by atoms with Crippen molar-refractivity contribution < 1.29 is 14.7 Å². The highest BCUT2D eigenvalue weighted by molar-refractivity contribution is 5.77. The summed E-state index contributed by atoms with van der Waals surface area (Å²) in [5.41, 5.74) is -0.625. The molecule has 1 atom stereocenters. The Morgan fingerprint density at radius 1 is 1.30 bits per heavy atom. The minimum atomic E-state index is -0.707. The average molecular weight is 284 g/mol. The predicted molar refractivity (Wildman–Crippen MR) is 78.7 cm³/mol. The van der Waals surface area contributed by atoms with Crippen LogP contribution in [-0.2, 0) is 4.79 Å². The van der Waals surface area contributed by atoms with Gasteiger partial charge >= 0.3 is 12.0 Å². The molecule has 1 N–H and O–H groups in total. The van der Waals surface area contributed by atoms with Gasteiger partial charge in [-0.15, -0.1) is 0 Å². The number of hydrogen-bond donors (Lipinski definition) is 1. The lowest BCUT2D eigenvalue weighted by Crippen LogP contribution is -2.51. The third-order valence-electron chi connectivity index (χ3n) is 4.73. The van der Waals surface area contributed by atoms with Crippen molar-refractivity contribution in [3.63, 3.8) is 0 Å². The molecule has 0 bridgehead atoms. The highest BCUT2D eigenvalue weighted by Gasteiger charge is 2.42. The molecule has 0 spiro atoms. The number of carbonyl (C=O) groups excluding carboxylic acids is 1. The van der Waals surface area contributed by atoms with Crippen molar-refractivity contribution in [2.24, 2.45) is 5.41 Å². The second-order valence-corrected chi connectivity index (χ2v) is 5.97. The predicted octanol–water partition coefficient (Wildman–Crippen LogP) is 2.80. The quantitative estimate of drug-likeness (QED) is 0.844. The summed E-state index contributed by atoms with van der Waals surface area (Å²) in [6, 6.07) is 0.235. The smallest absolute Gasteiger partial charge is 0.319 e. The largest absolute Gasteiger partial charge is 0.481 e. The molecule has 0 aromatic heterocycles. The molecule has 2 amide bonds. The Kier molecular flexibility index (Phi) is 5.84. The Balaban J connectivity index is 2.65. The summed E-state index contributed by atoms with van der Waals surface area (Å²) in [6.45, 7) is 7.19. The number of urea groups is 1. The highest BCUT2D eigenvalue weighted by atomic mass is 16.4.